The molecule has 0 aliphatic rings. The van der Waals surface area contributed by atoms with E-state index >= 15 is 0 Å². The Kier molecular flexibility index (Phi) is 2.80. The number of phenolic OH excluding ortho intramolecular Hbond substituents is 2. The summed E-state index contributed by atoms with van der Waals surface area (Å²) in [5, 5.41) is 19.8. The zero-order chi connectivity index (χ0) is 12.6. The second-order valence-electron chi connectivity index (χ2n) is 4.48. The summed E-state index contributed by atoms with van der Waals surface area (Å²) in [6.07, 6.45) is 0. The van der Waals surface area contributed by atoms with Gasteiger partial charge in [-0.25, -0.2) is 0 Å². The first-order chi connectivity index (χ1) is 7.99. The number of aromatic hydroxyl groups is 2. The molecule has 0 atom stereocenters. The maximum Gasteiger partial charge on any atom is 0.123 e. The fourth-order valence-corrected chi connectivity index (χ4v) is 1.99. The molecule has 0 aliphatic heterocycles. The van der Waals surface area contributed by atoms with Crippen LogP contribution in [0.1, 0.15) is 16.7 Å². The molecule has 0 saturated carbocycles. The molecule has 2 N–H and O–H groups in total. The minimum atomic E-state index is 0.248. The standard InChI is InChI=1S/C15H16O2/c1-9-4-5-12(15(17)7-9)13-6-10(2)8-14(16)11(13)3/h4-8,16-17H,1-3H3. The summed E-state index contributed by atoms with van der Waals surface area (Å²) >= 11 is 0. The molecule has 0 aromatic heterocycles. The van der Waals surface area contributed by atoms with Crippen molar-refractivity contribution < 1.29 is 10.2 Å². The average molecular weight is 228 g/mol. The van der Waals surface area contributed by atoms with Crippen LogP contribution in [-0.4, -0.2) is 10.2 Å². The third-order valence-corrected chi connectivity index (χ3v) is 2.97. The second kappa shape index (κ2) is 4.13. The summed E-state index contributed by atoms with van der Waals surface area (Å²) in [5.41, 5.74) is 4.41. The monoisotopic (exact) mass is 228 g/mol. The summed E-state index contributed by atoms with van der Waals surface area (Å²) in [7, 11) is 0. The van der Waals surface area contributed by atoms with Crippen molar-refractivity contribution in [2.75, 3.05) is 0 Å². The van der Waals surface area contributed by atoms with Crippen LogP contribution in [0.15, 0.2) is 30.3 Å². The van der Waals surface area contributed by atoms with Crippen LogP contribution in [0.3, 0.4) is 0 Å². The van der Waals surface area contributed by atoms with E-state index in [9.17, 15) is 10.2 Å². The zero-order valence-corrected chi connectivity index (χ0v) is 10.3. The first-order valence-corrected chi connectivity index (χ1v) is 5.59. The quantitative estimate of drug-likeness (QED) is 0.781. The van der Waals surface area contributed by atoms with Gasteiger partial charge in [-0.1, -0.05) is 18.2 Å². The van der Waals surface area contributed by atoms with Crippen molar-refractivity contribution in [2.24, 2.45) is 0 Å². The highest BCUT2D eigenvalue weighted by molar-refractivity contribution is 5.75. The molecule has 0 amide bonds. The van der Waals surface area contributed by atoms with Gasteiger partial charge in [0.1, 0.15) is 11.5 Å². The van der Waals surface area contributed by atoms with Crippen LogP contribution >= 0.6 is 0 Å². The summed E-state index contributed by atoms with van der Waals surface area (Å²) in [6.45, 7) is 5.71. The van der Waals surface area contributed by atoms with Gasteiger partial charge in [-0.2, -0.15) is 0 Å². The van der Waals surface area contributed by atoms with Crippen LogP contribution in [0, 0.1) is 20.8 Å². The second-order valence-corrected chi connectivity index (χ2v) is 4.48. The molecule has 0 radical (unpaired) electrons. The Morgan fingerprint density at radius 3 is 2.00 bits per heavy atom. The van der Waals surface area contributed by atoms with Crippen LogP contribution in [0.5, 0.6) is 11.5 Å². The molecule has 0 aliphatic carbocycles. The van der Waals surface area contributed by atoms with Crippen molar-refractivity contribution in [3.8, 4) is 22.6 Å². The lowest BCUT2D eigenvalue weighted by Crippen LogP contribution is -1.87. The molecule has 0 unspecified atom stereocenters. The Hall–Kier alpha value is -1.96. The summed E-state index contributed by atoms with van der Waals surface area (Å²) in [6, 6.07) is 9.26. The molecule has 0 heterocycles. The van der Waals surface area contributed by atoms with Gasteiger partial charge in [-0.05, 0) is 55.2 Å². The van der Waals surface area contributed by atoms with Crippen LogP contribution in [0.4, 0.5) is 0 Å². The van der Waals surface area contributed by atoms with Crippen LogP contribution < -0.4 is 0 Å². The molecule has 17 heavy (non-hydrogen) atoms. The van der Waals surface area contributed by atoms with Crippen LogP contribution in [0.25, 0.3) is 11.1 Å². The van der Waals surface area contributed by atoms with Gasteiger partial charge in [0.15, 0.2) is 0 Å². The lowest BCUT2D eigenvalue weighted by Gasteiger charge is -2.11. The number of hydrogen-bond acceptors (Lipinski definition) is 2. The van der Waals surface area contributed by atoms with E-state index in [2.05, 4.69) is 0 Å². The van der Waals surface area contributed by atoms with Gasteiger partial charge in [0, 0.05) is 5.56 Å². The van der Waals surface area contributed by atoms with E-state index in [1.807, 2.05) is 39.0 Å². The van der Waals surface area contributed by atoms with Crippen molar-refractivity contribution in [1.29, 1.82) is 0 Å². The third-order valence-electron chi connectivity index (χ3n) is 2.97. The normalized spacial score (nSPS) is 10.5. The van der Waals surface area contributed by atoms with Crippen molar-refractivity contribution >= 4 is 0 Å². The number of rotatable bonds is 1. The van der Waals surface area contributed by atoms with E-state index in [-0.39, 0.29) is 11.5 Å². The SMILES string of the molecule is Cc1ccc(-c2cc(C)cc(O)c2C)c(O)c1. The smallest absolute Gasteiger partial charge is 0.123 e. The molecular weight excluding hydrogens is 212 g/mol. The zero-order valence-electron chi connectivity index (χ0n) is 10.3. The molecule has 2 heteroatoms. The summed E-state index contributed by atoms with van der Waals surface area (Å²) < 4.78 is 0. The molecule has 2 aromatic carbocycles. The fraction of sp³-hybridized carbons (Fsp3) is 0.200. The molecule has 2 aromatic rings. The molecular formula is C15H16O2. The highest BCUT2D eigenvalue weighted by Gasteiger charge is 2.10. The summed E-state index contributed by atoms with van der Waals surface area (Å²) in [5.74, 6) is 0.512. The maximum absolute atomic E-state index is 9.97. The van der Waals surface area contributed by atoms with E-state index in [0.717, 1.165) is 27.8 Å². The highest BCUT2D eigenvalue weighted by atomic mass is 16.3. The van der Waals surface area contributed by atoms with Crippen molar-refractivity contribution in [2.45, 2.75) is 20.8 Å². The third kappa shape index (κ3) is 2.11. The average Bonchev–Trinajstić information content (AvgIpc) is 2.24. The minimum Gasteiger partial charge on any atom is -0.508 e. The van der Waals surface area contributed by atoms with Gasteiger partial charge in [0.25, 0.3) is 0 Å². The predicted octanol–water partition coefficient (Wildman–Crippen LogP) is 3.69. The largest absolute Gasteiger partial charge is 0.508 e. The van der Waals surface area contributed by atoms with Gasteiger partial charge in [0.2, 0.25) is 0 Å². The lowest BCUT2D eigenvalue weighted by atomic mass is 9.96. The van der Waals surface area contributed by atoms with Gasteiger partial charge >= 0.3 is 0 Å². The Morgan fingerprint density at radius 1 is 0.706 bits per heavy atom. The Balaban J connectivity index is 2.68. The van der Waals surface area contributed by atoms with E-state index in [0.29, 0.717) is 0 Å². The molecule has 0 spiro atoms. The molecule has 2 rings (SSSR count). The lowest BCUT2D eigenvalue weighted by molar-refractivity contribution is 0.470. The van der Waals surface area contributed by atoms with E-state index in [1.54, 1.807) is 12.1 Å². The van der Waals surface area contributed by atoms with E-state index in [1.165, 1.54) is 0 Å². The summed E-state index contributed by atoms with van der Waals surface area (Å²) in [4.78, 5) is 0. The molecule has 0 fully saturated rings. The maximum atomic E-state index is 9.97. The van der Waals surface area contributed by atoms with Gasteiger partial charge in [-0.3, -0.25) is 0 Å². The Morgan fingerprint density at radius 2 is 1.35 bits per heavy atom. The van der Waals surface area contributed by atoms with E-state index < -0.39 is 0 Å². The molecule has 88 valence electrons. The number of phenols is 2. The predicted molar refractivity (Wildman–Crippen MR) is 69.4 cm³/mol. The van der Waals surface area contributed by atoms with Crippen molar-refractivity contribution in [3.05, 3.63) is 47.0 Å². The highest BCUT2D eigenvalue weighted by Crippen LogP contribution is 2.36. The van der Waals surface area contributed by atoms with Gasteiger partial charge in [-0.15, -0.1) is 0 Å². The van der Waals surface area contributed by atoms with E-state index in [4.69, 9.17) is 0 Å². The number of benzene rings is 2. The first-order valence-electron chi connectivity index (χ1n) is 5.59. The van der Waals surface area contributed by atoms with Gasteiger partial charge < -0.3 is 10.2 Å². The number of aryl methyl sites for hydroxylation is 2. The number of hydrogen-bond donors (Lipinski definition) is 2. The molecule has 2 nitrogen and oxygen atoms in total. The van der Waals surface area contributed by atoms with Crippen LogP contribution in [-0.2, 0) is 0 Å². The first kappa shape index (κ1) is 11.5. The Bertz CT molecular complexity index is 571. The van der Waals surface area contributed by atoms with Gasteiger partial charge in [0.05, 0.1) is 0 Å². The Labute approximate surface area is 101 Å². The molecule has 0 saturated heterocycles. The minimum absolute atomic E-state index is 0.248. The van der Waals surface area contributed by atoms with Crippen LogP contribution in [0.2, 0.25) is 0 Å². The fourth-order valence-electron chi connectivity index (χ4n) is 1.99. The van der Waals surface area contributed by atoms with Crippen molar-refractivity contribution in [1.82, 2.24) is 0 Å². The molecule has 0 bridgehead atoms. The van der Waals surface area contributed by atoms with Crippen molar-refractivity contribution in [3.63, 3.8) is 0 Å². The topological polar surface area (TPSA) is 40.5 Å².